The van der Waals surface area contributed by atoms with Crippen molar-refractivity contribution in [3.8, 4) is 17.2 Å². The predicted molar refractivity (Wildman–Crippen MR) is 139 cm³/mol. The molecule has 0 saturated carbocycles. The number of aliphatic imine (C=N–C) groups is 1. The quantitative estimate of drug-likeness (QED) is 0.294. The number of halogens is 1. The molecule has 1 aliphatic heterocycles. The first-order chi connectivity index (χ1) is 15.2. The van der Waals surface area contributed by atoms with Gasteiger partial charge in [0, 0.05) is 50.5 Å². The van der Waals surface area contributed by atoms with Crippen LogP contribution in [-0.2, 0) is 6.54 Å². The van der Waals surface area contributed by atoms with Gasteiger partial charge in [-0.25, -0.2) is 4.98 Å². The van der Waals surface area contributed by atoms with Crippen molar-refractivity contribution in [2.45, 2.75) is 13.5 Å². The Balaban J connectivity index is 0.00000289. The number of piperazine rings is 1. The van der Waals surface area contributed by atoms with E-state index in [1.807, 2.05) is 31.3 Å². The molecule has 0 bridgehead atoms. The number of anilines is 1. The fourth-order valence-electron chi connectivity index (χ4n) is 3.70. The van der Waals surface area contributed by atoms with Gasteiger partial charge in [-0.1, -0.05) is 23.8 Å². The van der Waals surface area contributed by atoms with Crippen LogP contribution in [0.5, 0.6) is 5.75 Å². The van der Waals surface area contributed by atoms with Crippen LogP contribution in [0.4, 0.5) is 5.69 Å². The maximum absolute atomic E-state index is 5.66. The van der Waals surface area contributed by atoms with Crippen LogP contribution in [0.15, 0.2) is 64.2 Å². The highest BCUT2D eigenvalue weighted by Gasteiger charge is 2.20. The largest absolute Gasteiger partial charge is 0.497 e. The zero-order valence-corrected chi connectivity index (χ0v) is 21.1. The summed E-state index contributed by atoms with van der Waals surface area (Å²) in [4.78, 5) is 13.7. The number of oxazole rings is 1. The number of guanidine groups is 1. The van der Waals surface area contributed by atoms with Crippen molar-refractivity contribution in [1.82, 2.24) is 15.2 Å². The normalized spacial score (nSPS) is 14.2. The number of rotatable bonds is 5. The zero-order valence-electron chi connectivity index (χ0n) is 18.7. The Hall–Kier alpha value is -2.75. The minimum Gasteiger partial charge on any atom is -0.497 e. The Bertz CT molecular complexity index is 1030. The maximum Gasteiger partial charge on any atom is 0.226 e. The van der Waals surface area contributed by atoms with Crippen LogP contribution in [0.25, 0.3) is 11.5 Å². The summed E-state index contributed by atoms with van der Waals surface area (Å²) in [5.74, 6) is 2.40. The molecule has 8 heteroatoms. The smallest absolute Gasteiger partial charge is 0.226 e. The molecule has 32 heavy (non-hydrogen) atoms. The van der Waals surface area contributed by atoms with Gasteiger partial charge >= 0.3 is 0 Å². The molecule has 2 heterocycles. The first-order valence-electron chi connectivity index (χ1n) is 10.5. The Labute approximate surface area is 206 Å². The minimum atomic E-state index is 0. The lowest BCUT2D eigenvalue weighted by atomic mass is 10.1. The van der Waals surface area contributed by atoms with Gasteiger partial charge in [-0.15, -0.1) is 24.0 Å². The van der Waals surface area contributed by atoms with E-state index in [-0.39, 0.29) is 24.0 Å². The molecule has 1 fully saturated rings. The SMILES string of the molecule is CN=C(NCc1coc(-c2ccc(C)cc2)n1)N1CCN(c2cccc(OC)c2)CC1.I. The first-order valence-corrected chi connectivity index (χ1v) is 10.5. The van der Waals surface area contributed by atoms with Crippen molar-refractivity contribution in [2.75, 3.05) is 45.2 Å². The van der Waals surface area contributed by atoms with E-state index < -0.39 is 0 Å². The summed E-state index contributed by atoms with van der Waals surface area (Å²) in [5.41, 5.74) is 4.24. The van der Waals surface area contributed by atoms with E-state index in [1.54, 1.807) is 13.4 Å². The zero-order chi connectivity index (χ0) is 21.6. The van der Waals surface area contributed by atoms with Gasteiger partial charge < -0.3 is 24.3 Å². The molecule has 3 aromatic rings. The molecule has 0 aliphatic carbocycles. The number of hydrogen-bond donors (Lipinski definition) is 1. The molecule has 0 atom stereocenters. The Kier molecular flexibility index (Phi) is 8.38. The summed E-state index contributed by atoms with van der Waals surface area (Å²) in [6.45, 7) is 6.27. The van der Waals surface area contributed by atoms with Gasteiger partial charge in [-0.2, -0.15) is 0 Å². The van der Waals surface area contributed by atoms with Crippen molar-refractivity contribution < 1.29 is 9.15 Å². The first kappa shape index (κ1) is 23.9. The van der Waals surface area contributed by atoms with Gasteiger partial charge in [0.15, 0.2) is 5.96 Å². The fourth-order valence-corrected chi connectivity index (χ4v) is 3.70. The molecule has 2 aromatic carbocycles. The number of hydrogen-bond acceptors (Lipinski definition) is 5. The summed E-state index contributed by atoms with van der Waals surface area (Å²) >= 11 is 0. The van der Waals surface area contributed by atoms with Crippen molar-refractivity contribution in [1.29, 1.82) is 0 Å². The topological polar surface area (TPSA) is 66.1 Å². The summed E-state index contributed by atoms with van der Waals surface area (Å²) in [6, 6.07) is 16.4. The Morgan fingerprint density at radius 3 is 2.56 bits per heavy atom. The molecule has 1 aliphatic rings. The van der Waals surface area contributed by atoms with Crippen LogP contribution in [0, 0.1) is 6.92 Å². The number of aromatic nitrogens is 1. The monoisotopic (exact) mass is 547 g/mol. The van der Waals surface area contributed by atoms with Crippen LogP contribution >= 0.6 is 24.0 Å². The summed E-state index contributed by atoms with van der Waals surface area (Å²) in [7, 11) is 3.52. The molecule has 1 N–H and O–H groups in total. The third-order valence-corrected chi connectivity index (χ3v) is 5.49. The number of methoxy groups -OCH3 is 1. The number of ether oxygens (including phenoxy) is 1. The highest BCUT2D eigenvalue weighted by Crippen LogP contribution is 2.22. The van der Waals surface area contributed by atoms with E-state index in [0.29, 0.717) is 12.4 Å². The number of aryl methyl sites for hydroxylation is 1. The third kappa shape index (κ3) is 5.73. The lowest BCUT2D eigenvalue weighted by molar-refractivity contribution is 0.371. The average molecular weight is 547 g/mol. The standard InChI is InChI=1S/C24H29N5O2.HI/c1-18-7-9-19(10-8-18)23-27-20(17-31-23)16-26-24(25-2)29-13-11-28(12-14-29)21-5-4-6-22(15-21)30-3;/h4-10,15,17H,11-14,16H2,1-3H3,(H,25,26);1H. The minimum absolute atomic E-state index is 0. The molecule has 0 unspecified atom stereocenters. The number of nitrogens with one attached hydrogen (secondary N) is 1. The highest BCUT2D eigenvalue weighted by molar-refractivity contribution is 14.0. The fraction of sp³-hybridized carbons (Fsp3) is 0.333. The van der Waals surface area contributed by atoms with Crippen molar-refractivity contribution >= 4 is 35.6 Å². The summed E-state index contributed by atoms with van der Waals surface area (Å²) < 4.78 is 11.0. The highest BCUT2D eigenvalue weighted by atomic mass is 127. The van der Waals surface area contributed by atoms with Gasteiger partial charge in [0.2, 0.25) is 5.89 Å². The lowest BCUT2D eigenvalue weighted by Gasteiger charge is -2.37. The van der Waals surface area contributed by atoms with Crippen LogP contribution in [-0.4, -0.2) is 56.2 Å². The second-order valence-electron chi connectivity index (χ2n) is 7.59. The maximum atomic E-state index is 5.66. The van der Waals surface area contributed by atoms with Gasteiger partial charge in [0.1, 0.15) is 12.0 Å². The second kappa shape index (κ2) is 11.2. The molecule has 0 spiro atoms. The second-order valence-corrected chi connectivity index (χ2v) is 7.59. The molecule has 1 aromatic heterocycles. The van der Waals surface area contributed by atoms with E-state index in [1.165, 1.54) is 11.3 Å². The van der Waals surface area contributed by atoms with Crippen molar-refractivity contribution in [3.05, 3.63) is 66.1 Å². The lowest BCUT2D eigenvalue weighted by Crippen LogP contribution is -2.52. The summed E-state index contributed by atoms with van der Waals surface area (Å²) in [6.07, 6.45) is 1.70. The van der Waals surface area contributed by atoms with Crippen LogP contribution in [0.1, 0.15) is 11.3 Å². The van der Waals surface area contributed by atoms with Crippen LogP contribution in [0.3, 0.4) is 0 Å². The Morgan fingerprint density at radius 1 is 1.12 bits per heavy atom. The van der Waals surface area contributed by atoms with Crippen LogP contribution < -0.4 is 15.0 Å². The average Bonchev–Trinajstić information content (AvgIpc) is 3.29. The third-order valence-electron chi connectivity index (χ3n) is 5.49. The van der Waals surface area contributed by atoms with E-state index in [0.717, 1.165) is 49.1 Å². The molecule has 170 valence electrons. The molecule has 4 rings (SSSR count). The molecule has 0 amide bonds. The Morgan fingerprint density at radius 2 is 1.88 bits per heavy atom. The molecule has 0 radical (unpaired) electrons. The van der Waals surface area contributed by atoms with Gasteiger partial charge in [-0.05, 0) is 31.2 Å². The molecular weight excluding hydrogens is 517 g/mol. The van der Waals surface area contributed by atoms with E-state index >= 15 is 0 Å². The van der Waals surface area contributed by atoms with Crippen LogP contribution in [0.2, 0.25) is 0 Å². The van der Waals surface area contributed by atoms with E-state index in [2.05, 4.69) is 56.3 Å². The molecule has 7 nitrogen and oxygen atoms in total. The van der Waals surface area contributed by atoms with Crippen molar-refractivity contribution in [2.24, 2.45) is 4.99 Å². The summed E-state index contributed by atoms with van der Waals surface area (Å²) in [5, 5.41) is 3.42. The van der Waals surface area contributed by atoms with E-state index in [4.69, 9.17) is 9.15 Å². The predicted octanol–water partition coefficient (Wildman–Crippen LogP) is 4.17. The van der Waals surface area contributed by atoms with E-state index in [9.17, 15) is 0 Å². The molecule has 1 saturated heterocycles. The van der Waals surface area contributed by atoms with Gasteiger partial charge in [0.25, 0.3) is 0 Å². The van der Waals surface area contributed by atoms with Gasteiger partial charge in [0.05, 0.1) is 19.3 Å². The van der Waals surface area contributed by atoms with Gasteiger partial charge in [-0.3, -0.25) is 4.99 Å². The number of benzene rings is 2. The molecular formula is C24H30IN5O2. The number of nitrogens with zero attached hydrogens (tertiary/aromatic N) is 4. The van der Waals surface area contributed by atoms with Crippen molar-refractivity contribution in [3.63, 3.8) is 0 Å².